The van der Waals surface area contributed by atoms with Crippen molar-refractivity contribution in [2.24, 2.45) is 23.2 Å². The van der Waals surface area contributed by atoms with Gasteiger partial charge in [0.1, 0.15) is 6.10 Å². The van der Waals surface area contributed by atoms with Crippen LogP contribution in [0, 0.1) is 23.2 Å². The van der Waals surface area contributed by atoms with E-state index in [9.17, 15) is 14.4 Å². The van der Waals surface area contributed by atoms with Gasteiger partial charge in [-0.1, -0.05) is 34.6 Å². The summed E-state index contributed by atoms with van der Waals surface area (Å²) >= 11 is 0. The molecule has 7 unspecified atom stereocenters. The van der Waals surface area contributed by atoms with Crippen molar-refractivity contribution >= 4 is 17.7 Å². The van der Waals surface area contributed by atoms with Crippen LogP contribution < -0.4 is 0 Å². The Labute approximate surface area is 189 Å². The van der Waals surface area contributed by atoms with Gasteiger partial charge in [-0.25, -0.2) is 4.79 Å². The van der Waals surface area contributed by atoms with E-state index in [-0.39, 0.29) is 41.6 Å². The lowest BCUT2D eigenvalue weighted by atomic mass is 9.68. The number of rotatable bonds is 4. The van der Waals surface area contributed by atoms with Crippen molar-refractivity contribution in [3.8, 4) is 0 Å². The van der Waals surface area contributed by atoms with Gasteiger partial charge >= 0.3 is 11.9 Å². The summed E-state index contributed by atoms with van der Waals surface area (Å²) in [5.74, 6) is -1.24. The monoisotopic (exact) mass is 446 g/mol. The highest BCUT2D eigenvalue weighted by atomic mass is 16.7. The SMILES string of the molecule is CCC(C)C(=O)OC1CC(C)C2CC(c3ccoc3)OC(=O)C23OC3CCC(C)(C)C1=O. The van der Waals surface area contributed by atoms with Crippen LogP contribution in [0.15, 0.2) is 23.0 Å². The van der Waals surface area contributed by atoms with Gasteiger partial charge in [-0.05, 0) is 44.1 Å². The highest BCUT2D eigenvalue weighted by Crippen LogP contribution is 2.57. The van der Waals surface area contributed by atoms with Crippen LogP contribution in [0.1, 0.15) is 78.4 Å². The Hall–Kier alpha value is -2.15. The zero-order chi connectivity index (χ0) is 23.3. The van der Waals surface area contributed by atoms with Crippen LogP contribution in [0.5, 0.6) is 0 Å². The summed E-state index contributed by atoms with van der Waals surface area (Å²) in [5.41, 5.74) is -0.842. The number of epoxide rings is 1. The number of cyclic esters (lactones) is 1. The van der Waals surface area contributed by atoms with Gasteiger partial charge in [-0.3, -0.25) is 9.59 Å². The summed E-state index contributed by atoms with van der Waals surface area (Å²) in [5, 5.41) is 0. The fraction of sp³-hybridized carbons (Fsp3) is 0.720. The summed E-state index contributed by atoms with van der Waals surface area (Å²) < 4.78 is 22.8. The maximum Gasteiger partial charge on any atom is 0.342 e. The van der Waals surface area contributed by atoms with E-state index in [0.717, 1.165) is 5.56 Å². The molecule has 7 heteroatoms. The molecule has 0 N–H and O–H groups in total. The summed E-state index contributed by atoms with van der Waals surface area (Å²) in [6.45, 7) is 9.51. The molecule has 3 fully saturated rings. The van der Waals surface area contributed by atoms with Crippen molar-refractivity contribution in [1.82, 2.24) is 0 Å². The molecule has 3 aliphatic rings. The molecule has 2 saturated heterocycles. The first kappa shape index (κ1) is 23.0. The molecule has 1 aromatic rings. The Morgan fingerprint density at radius 1 is 1.28 bits per heavy atom. The second-order valence-electron chi connectivity index (χ2n) is 10.4. The molecule has 0 amide bonds. The van der Waals surface area contributed by atoms with Gasteiger partial charge < -0.3 is 18.6 Å². The van der Waals surface area contributed by atoms with Crippen LogP contribution >= 0.6 is 0 Å². The normalized spacial score (nSPS) is 37.5. The molecule has 0 radical (unpaired) electrons. The first-order valence-electron chi connectivity index (χ1n) is 11.8. The van der Waals surface area contributed by atoms with Crippen LogP contribution in [0.4, 0.5) is 0 Å². The molecule has 1 aliphatic carbocycles. The number of ether oxygens (including phenoxy) is 3. The zero-order valence-corrected chi connectivity index (χ0v) is 19.6. The van der Waals surface area contributed by atoms with Crippen LogP contribution in [0.3, 0.4) is 0 Å². The van der Waals surface area contributed by atoms with Gasteiger partial charge in [-0.15, -0.1) is 0 Å². The third-order valence-electron chi connectivity index (χ3n) is 7.80. The lowest BCUT2D eigenvalue weighted by Gasteiger charge is -2.39. The third-order valence-corrected chi connectivity index (χ3v) is 7.80. The molecular weight excluding hydrogens is 412 g/mol. The van der Waals surface area contributed by atoms with E-state index in [1.807, 2.05) is 34.6 Å². The van der Waals surface area contributed by atoms with E-state index in [2.05, 4.69) is 0 Å². The minimum atomic E-state index is -0.971. The van der Waals surface area contributed by atoms with Gasteiger partial charge in [-0.2, -0.15) is 0 Å². The molecule has 176 valence electrons. The highest BCUT2D eigenvalue weighted by molar-refractivity contribution is 5.90. The summed E-state index contributed by atoms with van der Waals surface area (Å²) in [6, 6.07) is 1.80. The Morgan fingerprint density at radius 3 is 2.69 bits per heavy atom. The van der Waals surface area contributed by atoms with Crippen molar-refractivity contribution in [3.05, 3.63) is 24.2 Å². The topological polar surface area (TPSA) is 95.3 Å². The first-order chi connectivity index (χ1) is 15.1. The Kier molecular flexibility index (Phi) is 5.99. The minimum absolute atomic E-state index is 0.0566. The summed E-state index contributed by atoms with van der Waals surface area (Å²) in [4.78, 5) is 39.2. The third kappa shape index (κ3) is 3.89. The second kappa shape index (κ2) is 8.32. The summed E-state index contributed by atoms with van der Waals surface area (Å²) in [7, 11) is 0. The standard InChI is InChI=1S/C25H34O7/c1-6-14(2)22(27)30-19-11-15(3)17-12-18(16-8-10-29-13-16)31-23(28)25(17)20(32-25)7-9-24(4,5)21(19)26/h8,10,13-15,17-20H,6-7,9,11-12H2,1-5H3. The summed E-state index contributed by atoms with van der Waals surface area (Å²) in [6.07, 6.45) is 4.37. The van der Waals surface area contributed by atoms with Gasteiger partial charge in [0.05, 0.1) is 24.5 Å². The smallest absolute Gasteiger partial charge is 0.342 e. The largest absolute Gasteiger partial charge is 0.472 e. The van der Waals surface area contributed by atoms with Gasteiger partial charge in [0.2, 0.25) is 0 Å². The van der Waals surface area contributed by atoms with Crippen molar-refractivity contribution in [3.63, 3.8) is 0 Å². The zero-order valence-electron chi connectivity index (χ0n) is 19.6. The fourth-order valence-corrected chi connectivity index (χ4v) is 5.31. The van der Waals surface area contributed by atoms with E-state index < -0.39 is 23.2 Å². The first-order valence-corrected chi connectivity index (χ1v) is 11.8. The number of furan rings is 1. The number of hydrogen-bond donors (Lipinski definition) is 0. The predicted molar refractivity (Wildman–Crippen MR) is 114 cm³/mol. The average molecular weight is 447 g/mol. The number of Topliss-reactive ketones (excluding diaryl/α,β-unsaturated/α-hetero) is 1. The van der Waals surface area contributed by atoms with Crippen molar-refractivity contribution in [2.45, 2.75) is 90.6 Å². The highest BCUT2D eigenvalue weighted by Gasteiger charge is 2.71. The van der Waals surface area contributed by atoms with E-state index in [1.165, 1.54) is 0 Å². The Balaban J connectivity index is 1.63. The molecule has 3 heterocycles. The fourth-order valence-electron chi connectivity index (χ4n) is 5.31. The molecule has 7 atom stereocenters. The van der Waals surface area contributed by atoms with E-state index in [1.54, 1.807) is 18.6 Å². The predicted octanol–water partition coefficient (Wildman–Crippen LogP) is 4.39. The van der Waals surface area contributed by atoms with E-state index >= 15 is 0 Å². The molecule has 7 nitrogen and oxygen atoms in total. The molecule has 4 rings (SSSR count). The van der Waals surface area contributed by atoms with Crippen molar-refractivity contribution < 1.29 is 33.0 Å². The lowest BCUT2D eigenvalue weighted by molar-refractivity contribution is -0.173. The maximum atomic E-state index is 13.4. The molecule has 1 spiro atoms. The molecular formula is C25H34O7. The number of carbonyl (C=O) groups excluding carboxylic acids is 3. The van der Waals surface area contributed by atoms with Gasteiger partial charge in [0, 0.05) is 16.9 Å². The van der Waals surface area contributed by atoms with Crippen LogP contribution in [-0.2, 0) is 28.6 Å². The number of esters is 2. The molecule has 32 heavy (non-hydrogen) atoms. The molecule has 2 aliphatic heterocycles. The lowest BCUT2D eigenvalue weighted by Crippen LogP contribution is -2.49. The molecule has 1 aromatic heterocycles. The molecule has 1 saturated carbocycles. The van der Waals surface area contributed by atoms with Crippen molar-refractivity contribution in [1.29, 1.82) is 0 Å². The van der Waals surface area contributed by atoms with Crippen LogP contribution in [-0.4, -0.2) is 35.5 Å². The quantitative estimate of drug-likeness (QED) is 0.500. The van der Waals surface area contributed by atoms with Crippen molar-refractivity contribution in [2.75, 3.05) is 0 Å². The Morgan fingerprint density at radius 2 is 2.03 bits per heavy atom. The van der Waals surface area contributed by atoms with E-state index in [4.69, 9.17) is 18.6 Å². The number of hydrogen-bond acceptors (Lipinski definition) is 7. The maximum absolute atomic E-state index is 13.4. The van der Waals surface area contributed by atoms with Gasteiger partial charge in [0.15, 0.2) is 17.5 Å². The van der Waals surface area contributed by atoms with Crippen LogP contribution in [0.25, 0.3) is 0 Å². The number of ketones is 1. The molecule has 0 bridgehead atoms. The molecule has 0 aromatic carbocycles. The minimum Gasteiger partial charge on any atom is -0.472 e. The van der Waals surface area contributed by atoms with Gasteiger partial charge in [0.25, 0.3) is 0 Å². The average Bonchev–Trinajstić information content (AvgIpc) is 3.20. The van der Waals surface area contributed by atoms with E-state index in [0.29, 0.717) is 32.1 Å². The van der Waals surface area contributed by atoms with Crippen LogP contribution in [0.2, 0.25) is 0 Å². The second-order valence-corrected chi connectivity index (χ2v) is 10.4. The Bertz CT molecular complexity index is 873. The number of carbonyl (C=O) groups is 3.